The molecule has 6 nitrogen and oxygen atoms in total. The molecule has 1 saturated carbocycles. The van der Waals surface area contributed by atoms with Crippen molar-refractivity contribution in [3.05, 3.63) is 39.4 Å². The minimum absolute atomic E-state index is 0.0805. The van der Waals surface area contributed by atoms with E-state index in [4.69, 9.17) is 5.11 Å². The predicted molar refractivity (Wildman–Crippen MR) is 69.0 cm³/mol. The lowest BCUT2D eigenvalue weighted by molar-refractivity contribution is -0.384. The van der Waals surface area contributed by atoms with Crippen LogP contribution in [0.2, 0.25) is 0 Å². The molecule has 0 bridgehead atoms. The number of carbonyl (C=O) groups is 1. The van der Waals surface area contributed by atoms with E-state index in [0.717, 1.165) is 12.8 Å². The van der Waals surface area contributed by atoms with Gasteiger partial charge in [0.25, 0.3) is 11.6 Å². The Morgan fingerprint density at radius 3 is 2.68 bits per heavy atom. The summed E-state index contributed by atoms with van der Waals surface area (Å²) >= 11 is 0. The van der Waals surface area contributed by atoms with Crippen LogP contribution in [0.15, 0.2) is 18.2 Å². The number of amides is 1. The molecule has 1 aromatic rings. The van der Waals surface area contributed by atoms with Crippen molar-refractivity contribution >= 4 is 11.6 Å². The van der Waals surface area contributed by atoms with Crippen LogP contribution in [-0.4, -0.2) is 40.0 Å². The highest BCUT2D eigenvalue weighted by Gasteiger charge is 2.33. The number of hydrogen-bond donors (Lipinski definition) is 1. The number of aliphatic hydroxyl groups excluding tert-OH is 1. The van der Waals surface area contributed by atoms with Gasteiger partial charge in [-0.15, -0.1) is 0 Å². The number of aryl methyl sites for hydroxylation is 1. The first-order valence-electron chi connectivity index (χ1n) is 6.21. The summed E-state index contributed by atoms with van der Waals surface area (Å²) in [6, 6.07) is 4.54. The second-order valence-corrected chi connectivity index (χ2v) is 4.77. The van der Waals surface area contributed by atoms with E-state index in [9.17, 15) is 14.9 Å². The largest absolute Gasteiger partial charge is 0.395 e. The van der Waals surface area contributed by atoms with Gasteiger partial charge in [0, 0.05) is 30.3 Å². The normalized spacial score (nSPS) is 14.2. The fourth-order valence-electron chi connectivity index (χ4n) is 2.10. The zero-order chi connectivity index (χ0) is 14.0. The van der Waals surface area contributed by atoms with E-state index in [-0.39, 0.29) is 30.8 Å². The molecule has 102 valence electrons. The average Bonchev–Trinajstić information content (AvgIpc) is 3.18. The molecule has 1 N–H and O–H groups in total. The standard InChI is InChI=1S/C13H16N2O4/c1-9-6-10(8-12(7-9)15(18)19)13(17)14(4-5-16)11-2-3-11/h6-8,11,16H,2-5H2,1H3. The van der Waals surface area contributed by atoms with E-state index in [1.807, 2.05) is 0 Å². The molecule has 0 saturated heterocycles. The van der Waals surface area contributed by atoms with E-state index in [1.54, 1.807) is 17.9 Å². The average molecular weight is 264 g/mol. The Kier molecular flexibility index (Phi) is 3.80. The van der Waals surface area contributed by atoms with Crippen molar-refractivity contribution in [3.8, 4) is 0 Å². The van der Waals surface area contributed by atoms with Gasteiger partial charge in [0.15, 0.2) is 0 Å². The Balaban J connectivity index is 2.28. The zero-order valence-electron chi connectivity index (χ0n) is 10.7. The number of rotatable bonds is 5. The van der Waals surface area contributed by atoms with Crippen LogP contribution in [0.4, 0.5) is 5.69 Å². The molecule has 0 unspecified atom stereocenters. The van der Waals surface area contributed by atoms with Gasteiger partial charge in [-0.05, 0) is 31.4 Å². The maximum Gasteiger partial charge on any atom is 0.270 e. The summed E-state index contributed by atoms with van der Waals surface area (Å²) in [5.74, 6) is -0.247. The Labute approximate surface area is 110 Å². The van der Waals surface area contributed by atoms with Crippen LogP contribution in [0, 0.1) is 17.0 Å². The monoisotopic (exact) mass is 264 g/mol. The summed E-state index contributed by atoms with van der Waals surface area (Å²) in [6.07, 6.45) is 1.86. The van der Waals surface area contributed by atoms with Crippen molar-refractivity contribution in [2.45, 2.75) is 25.8 Å². The third-order valence-corrected chi connectivity index (χ3v) is 3.11. The van der Waals surface area contributed by atoms with Crippen LogP contribution in [0.5, 0.6) is 0 Å². The Bertz CT molecular complexity index is 511. The molecule has 0 spiro atoms. The number of nitro groups is 1. The van der Waals surface area contributed by atoms with Crippen LogP contribution in [0.3, 0.4) is 0 Å². The summed E-state index contributed by atoms with van der Waals surface area (Å²) in [5.41, 5.74) is 0.910. The summed E-state index contributed by atoms with van der Waals surface area (Å²) in [4.78, 5) is 24.2. The van der Waals surface area contributed by atoms with E-state index in [2.05, 4.69) is 0 Å². The maximum atomic E-state index is 12.3. The first-order chi connectivity index (χ1) is 9.02. The lowest BCUT2D eigenvalue weighted by Gasteiger charge is -2.21. The molecule has 1 aromatic carbocycles. The first kappa shape index (κ1) is 13.5. The summed E-state index contributed by atoms with van der Waals surface area (Å²) in [6.45, 7) is 1.89. The molecule has 2 rings (SSSR count). The minimum atomic E-state index is -0.503. The second kappa shape index (κ2) is 5.36. The highest BCUT2D eigenvalue weighted by Crippen LogP contribution is 2.28. The number of hydrogen-bond acceptors (Lipinski definition) is 4. The topological polar surface area (TPSA) is 83.7 Å². The molecule has 1 aliphatic carbocycles. The van der Waals surface area contributed by atoms with Gasteiger partial charge in [0.05, 0.1) is 11.5 Å². The van der Waals surface area contributed by atoms with Crippen molar-refractivity contribution < 1.29 is 14.8 Å². The zero-order valence-corrected chi connectivity index (χ0v) is 10.7. The van der Waals surface area contributed by atoms with Crippen LogP contribution >= 0.6 is 0 Å². The number of nitrogens with zero attached hydrogens (tertiary/aromatic N) is 2. The molecule has 6 heteroatoms. The van der Waals surface area contributed by atoms with E-state index in [1.165, 1.54) is 12.1 Å². The molecule has 0 heterocycles. The van der Waals surface area contributed by atoms with Gasteiger partial charge < -0.3 is 10.0 Å². The first-order valence-corrected chi connectivity index (χ1v) is 6.21. The summed E-state index contributed by atoms with van der Waals surface area (Å²) in [7, 11) is 0. The smallest absolute Gasteiger partial charge is 0.270 e. The Morgan fingerprint density at radius 2 is 2.16 bits per heavy atom. The maximum absolute atomic E-state index is 12.3. The Hall–Kier alpha value is -1.95. The fourth-order valence-corrected chi connectivity index (χ4v) is 2.10. The Morgan fingerprint density at radius 1 is 1.47 bits per heavy atom. The summed E-state index contributed by atoms with van der Waals surface area (Å²) < 4.78 is 0. The lowest BCUT2D eigenvalue weighted by Crippen LogP contribution is -2.35. The van der Waals surface area contributed by atoms with Gasteiger partial charge in [0.1, 0.15) is 0 Å². The minimum Gasteiger partial charge on any atom is -0.395 e. The van der Waals surface area contributed by atoms with Crippen LogP contribution in [0.25, 0.3) is 0 Å². The van der Waals surface area contributed by atoms with Crippen molar-refractivity contribution in [1.29, 1.82) is 0 Å². The predicted octanol–water partition coefficient (Wildman–Crippen LogP) is 1.50. The third-order valence-electron chi connectivity index (χ3n) is 3.11. The van der Waals surface area contributed by atoms with E-state index in [0.29, 0.717) is 11.1 Å². The van der Waals surface area contributed by atoms with Crippen molar-refractivity contribution in [2.75, 3.05) is 13.2 Å². The van der Waals surface area contributed by atoms with Gasteiger partial charge in [-0.1, -0.05) is 0 Å². The highest BCUT2D eigenvalue weighted by atomic mass is 16.6. The second-order valence-electron chi connectivity index (χ2n) is 4.77. The van der Waals surface area contributed by atoms with Crippen LogP contribution < -0.4 is 0 Å². The molecule has 0 radical (unpaired) electrons. The van der Waals surface area contributed by atoms with Gasteiger partial charge in [0.2, 0.25) is 0 Å². The molecule has 19 heavy (non-hydrogen) atoms. The van der Waals surface area contributed by atoms with Gasteiger partial charge in [-0.2, -0.15) is 0 Å². The molecular formula is C13H16N2O4. The quantitative estimate of drug-likeness (QED) is 0.645. The number of aliphatic hydroxyl groups is 1. The van der Waals surface area contributed by atoms with E-state index < -0.39 is 4.92 Å². The molecule has 0 aliphatic heterocycles. The molecule has 0 atom stereocenters. The van der Waals surface area contributed by atoms with Crippen LogP contribution in [-0.2, 0) is 0 Å². The number of carbonyl (C=O) groups excluding carboxylic acids is 1. The van der Waals surface area contributed by atoms with Crippen molar-refractivity contribution in [1.82, 2.24) is 4.90 Å². The van der Waals surface area contributed by atoms with Gasteiger partial charge in [-0.25, -0.2) is 0 Å². The molecule has 0 aromatic heterocycles. The van der Waals surface area contributed by atoms with Gasteiger partial charge in [-0.3, -0.25) is 14.9 Å². The lowest BCUT2D eigenvalue weighted by atomic mass is 10.1. The van der Waals surface area contributed by atoms with Gasteiger partial charge >= 0.3 is 0 Å². The number of nitro benzene ring substituents is 1. The van der Waals surface area contributed by atoms with Crippen molar-refractivity contribution in [2.24, 2.45) is 0 Å². The third kappa shape index (κ3) is 3.08. The summed E-state index contributed by atoms with van der Waals surface area (Å²) in [5, 5.41) is 19.8. The molecular weight excluding hydrogens is 248 g/mol. The SMILES string of the molecule is Cc1cc(C(=O)N(CCO)C2CC2)cc([N+](=O)[O-])c1. The van der Waals surface area contributed by atoms with E-state index >= 15 is 0 Å². The molecule has 1 amide bonds. The molecule has 1 fully saturated rings. The van der Waals surface area contributed by atoms with Crippen LogP contribution in [0.1, 0.15) is 28.8 Å². The number of benzene rings is 1. The highest BCUT2D eigenvalue weighted by molar-refractivity contribution is 5.95. The van der Waals surface area contributed by atoms with Crippen molar-refractivity contribution in [3.63, 3.8) is 0 Å². The number of non-ortho nitro benzene ring substituents is 1. The fraction of sp³-hybridized carbons (Fsp3) is 0.462. The molecule has 1 aliphatic rings.